The Morgan fingerprint density at radius 1 is 0.650 bits per heavy atom. The molecule has 0 aliphatic rings. The maximum Gasteiger partial charge on any atom is 0.263 e. The van der Waals surface area contributed by atoms with Crippen molar-refractivity contribution in [2.24, 2.45) is 0 Å². The summed E-state index contributed by atoms with van der Waals surface area (Å²) in [4.78, 5) is 38.5. The first-order chi connectivity index (χ1) is 19.4. The molecule has 4 aromatic carbocycles. The van der Waals surface area contributed by atoms with Crippen LogP contribution >= 0.6 is 11.8 Å². The van der Waals surface area contributed by atoms with E-state index in [1.54, 1.807) is 54.6 Å². The van der Waals surface area contributed by atoms with Crippen molar-refractivity contribution < 1.29 is 23.9 Å². The number of thioether (sulfide) groups is 1. The second-order valence-corrected chi connectivity index (χ2v) is 9.85. The van der Waals surface area contributed by atoms with Crippen molar-refractivity contribution in [1.82, 2.24) is 0 Å². The van der Waals surface area contributed by atoms with Gasteiger partial charge in [-0.1, -0.05) is 36.4 Å². The van der Waals surface area contributed by atoms with Crippen molar-refractivity contribution in [3.63, 3.8) is 0 Å². The number of rotatable bonds is 10. The molecule has 0 bridgehead atoms. The number of methoxy groups -OCH3 is 2. The number of benzene rings is 4. The molecule has 204 valence electrons. The summed E-state index contributed by atoms with van der Waals surface area (Å²) in [6.07, 6.45) is 0. The Labute approximate surface area is 237 Å². The molecule has 3 N–H and O–H groups in total. The van der Waals surface area contributed by atoms with E-state index in [9.17, 15) is 14.4 Å². The van der Waals surface area contributed by atoms with Crippen molar-refractivity contribution in [2.75, 3.05) is 30.2 Å². The summed E-state index contributed by atoms with van der Waals surface area (Å²) in [5.41, 5.74) is 3.00. The fourth-order valence-corrected chi connectivity index (χ4v) is 4.99. The molecule has 1 unspecified atom stereocenters. The lowest BCUT2D eigenvalue weighted by atomic mass is 10.1. The molecule has 1 atom stereocenters. The summed E-state index contributed by atoms with van der Waals surface area (Å²) in [7, 11) is 3.00. The largest absolute Gasteiger partial charge is 0.496 e. The number of amides is 3. The molecule has 0 fully saturated rings. The maximum atomic E-state index is 13.4. The third-order valence-electron chi connectivity index (χ3n) is 5.83. The number of carbonyl (C=O) groups excluding carboxylic acids is 3. The quantitative estimate of drug-likeness (QED) is 0.196. The van der Waals surface area contributed by atoms with E-state index in [1.165, 1.54) is 32.9 Å². The van der Waals surface area contributed by atoms with Gasteiger partial charge in [-0.25, -0.2) is 0 Å². The molecule has 0 aliphatic carbocycles. The number of nitrogens with one attached hydrogen (secondary N) is 3. The molecular weight excluding hydrogens is 526 g/mol. The zero-order chi connectivity index (χ0) is 28.5. The third-order valence-corrected chi connectivity index (χ3v) is 7.10. The van der Waals surface area contributed by atoms with E-state index in [0.717, 1.165) is 10.5 Å². The van der Waals surface area contributed by atoms with E-state index >= 15 is 0 Å². The third kappa shape index (κ3) is 7.21. The zero-order valence-corrected chi connectivity index (χ0v) is 23.1. The van der Waals surface area contributed by atoms with Gasteiger partial charge in [0.1, 0.15) is 22.3 Å². The summed E-state index contributed by atoms with van der Waals surface area (Å²) >= 11 is 1.40. The standard InChI is InChI=1S/C31H29N3O5S/c1-20(35)32-22-12-14-23(15-13-22)34-31(37)29(21-8-5-4-6-9-21)40-25-18-16-24(17-19-25)33-30(36)28-26(38-2)10-7-11-27(28)39-3/h4-19,29H,1-3H3,(H,32,35)(H,33,36)(H,34,37). The molecule has 4 rings (SSSR count). The molecule has 0 aromatic heterocycles. The lowest BCUT2D eigenvalue weighted by Gasteiger charge is -2.18. The van der Waals surface area contributed by atoms with Crippen LogP contribution in [0.15, 0.2) is 102 Å². The van der Waals surface area contributed by atoms with Crippen molar-refractivity contribution in [3.8, 4) is 11.5 Å². The zero-order valence-electron chi connectivity index (χ0n) is 22.3. The highest BCUT2D eigenvalue weighted by Crippen LogP contribution is 2.37. The molecule has 0 aliphatic heterocycles. The molecule has 8 nitrogen and oxygen atoms in total. The van der Waals surface area contributed by atoms with Gasteiger partial charge in [-0.05, 0) is 66.2 Å². The minimum Gasteiger partial charge on any atom is -0.496 e. The first-order valence-corrected chi connectivity index (χ1v) is 13.3. The number of ether oxygens (including phenoxy) is 2. The summed E-state index contributed by atoms with van der Waals surface area (Å²) < 4.78 is 10.7. The van der Waals surface area contributed by atoms with Crippen LogP contribution < -0.4 is 25.4 Å². The Balaban J connectivity index is 1.49. The highest BCUT2D eigenvalue weighted by Gasteiger charge is 2.23. The highest BCUT2D eigenvalue weighted by atomic mass is 32.2. The van der Waals surface area contributed by atoms with Crippen LogP contribution in [0.4, 0.5) is 17.1 Å². The Morgan fingerprint density at radius 3 is 1.73 bits per heavy atom. The van der Waals surface area contributed by atoms with E-state index in [-0.39, 0.29) is 17.7 Å². The molecule has 40 heavy (non-hydrogen) atoms. The highest BCUT2D eigenvalue weighted by molar-refractivity contribution is 8.00. The predicted molar refractivity (Wildman–Crippen MR) is 158 cm³/mol. The number of anilines is 3. The smallest absolute Gasteiger partial charge is 0.263 e. The lowest BCUT2D eigenvalue weighted by molar-refractivity contribution is -0.116. The van der Waals surface area contributed by atoms with Crippen LogP contribution in [0, 0.1) is 0 Å². The van der Waals surface area contributed by atoms with Crippen molar-refractivity contribution in [3.05, 3.63) is 108 Å². The monoisotopic (exact) mass is 555 g/mol. The molecule has 4 aromatic rings. The lowest BCUT2D eigenvalue weighted by Crippen LogP contribution is -2.19. The van der Waals surface area contributed by atoms with Crippen LogP contribution in [0.3, 0.4) is 0 Å². The minimum absolute atomic E-state index is 0.164. The average Bonchev–Trinajstić information content (AvgIpc) is 2.97. The van der Waals surface area contributed by atoms with Gasteiger partial charge in [0, 0.05) is 28.9 Å². The van der Waals surface area contributed by atoms with Crippen molar-refractivity contribution in [2.45, 2.75) is 17.1 Å². The van der Waals surface area contributed by atoms with Crippen LogP contribution in [0.2, 0.25) is 0 Å². The van der Waals surface area contributed by atoms with Gasteiger partial charge in [-0.3, -0.25) is 14.4 Å². The van der Waals surface area contributed by atoms with Crippen molar-refractivity contribution in [1.29, 1.82) is 0 Å². The number of hydrogen-bond acceptors (Lipinski definition) is 6. The van der Waals surface area contributed by atoms with E-state index in [1.807, 2.05) is 42.5 Å². The summed E-state index contributed by atoms with van der Waals surface area (Å²) in [5.74, 6) is 0.100. The van der Waals surface area contributed by atoms with Crippen LogP contribution in [-0.4, -0.2) is 31.9 Å². The second kappa shape index (κ2) is 13.3. The molecule has 0 saturated heterocycles. The van der Waals surface area contributed by atoms with E-state index in [4.69, 9.17) is 9.47 Å². The van der Waals surface area contributed by atoms with E-state index < -0.39 is 5.25 Å². The minimum atomic E-state index is -0.533. The average molecular weight is 556 g/mol. The molecule has 0 radical (unpaired) electrons. The summed E-state index contributed by atoms with van der Waals surface area (Å²) in [6.45, 7) is 1.44. The van der Waals surface area contributed by atoms with E-state index in [2.05, 4.69) is 16.0 Å². The van der Waals surface area contributed by atoms with Gasteiger partial charge in [-0.2, -0.15) is 0 Å². The SMILES string of the molecule is COc1cccc(OC)c1C(=O)Nc1ccc(SC(C(=O)Nc2ccc(NC(C)=O)cc2)c2ccccc2)cc1. The first kappa shape index (κ1) is 28.3. The first-order valence-electron chi connectivity index (χ1n) is 12.4. The van der Waals surface area contributed by atoms with Crippen LogP contribution in [-0.2, 0) is 9.59 Å². The van der Waals surface area contributed by atoms with Crippen molar-refractivity contribution >= 4 is 46.5 Å². The molecular formula is C31H29N3O5S. The van der Waals surface area contributed by atoms with Gasteiger partial charge < -0.3 is 25.4 Å². The van der Waals surface area contributed by atoms with Gasteiger partial charge in [-0.15, -0.1) is 11.8 Å². The van der Waals surface area contributed by atoms with Gasteiger partial charge in [0.15, 0.2) is 0 Å². The van der Waals surface area contributed by atoms with E-state index in [0.29, 0.717) is 34.1 Å². The van der Waals surface area contributed by atoms with Gasteiger partial charge in [0.25, 0.3) is 5.91 Å². The normalized spacial score (nSPS) is 11.2. The summed E-state index contributed by atoms with van der Waals surface area (Å²) in [5, 5.41) is 8.02. The number of carbonyl (C=O) groups is 3. The Morgan fingerprint density at radius 2 is 1.18 bits per heavy atom. The molecule has 0 spiro atoms. The predicted octanol–water partition coefficient (Wildman–Crippen LogP) is 6.39. The van der Waals surface area contributed by atoms with Gasteiger partial charge in [0.05, 0.1) is 14.2 Å². The fraction of sp³-hybridized carbons (Fsp3) is 0.129. The fourth-order valence-electron chi connectivity index (χ4n) is 3.97. The molecule has 0 heterocycles. The van der Waals surface area contributed by atoms with Crippen LogP contribution in [0.5, 0.6) is 11.5 Å². The summed E-state index contributed by atoms with van der Waals surface area (Å²) in [6, 6.07) is 28.9. The topological polar surface area (TPSA) is 106 Å². The molecule has 9 heteroatoms. The molecule has 0 saturated carbocycles. The Kier molecular flexibility index (Phi) is 9.43. The van der Waals surface area contributed by atoms with Crippen LogP contribution in [0.25, 0.3) is 0 Å². The van der Waals surface area contributed by atoms with Gasteiger partial charge >= 0.3 is 0 Å². The maximum absolute atomic E-state index is 13.4. The Hall–Kier alpha value is -4.76. The second-order valence-electron chi connectivity index (χ2n) is 8.67. The number of hydrogen-bond donors (Lipinski definition) is 3. The Bertz CT molecular complexity index is 1450. The van der Waals surface area contributed by atoms with Gasteiger partial charge in [0.2, 0.25) is 11.8 Å². The van der Waals surface area contributed by atoms with Crippen LogP contribution in [0.1, 0.15) is 28.1 Å². The molecule has 3 amide bonds.